The molecule has 2 aromatic rings. The first-order valence-electron chi connectivity index (χ1n) is 10.1. The third kappa shape index (κ3) is 7.31. The Bertz CT molecular complexity index is 1130. The van der Waals surface area contributed by atoms with Crippen LogP contribution in [0.1, 0.15) is 26.3 Å². The highest BCUT2D eigenvalue weighted by Gasteiger charge is 2.30. The fourth-order valence-electron chi connectivity index (χ4n) is 3.05. The maximum Gasteiger partial charge on any atom is 0.244 e. The number of amides is 2. The highest BCUT2D eigenvalue weighted by Crippen LogP contribution is 2.25. The lowest BCUT2D eigenvalue weighted by molar-refractivity contribution is -0.139. The van der Waals surface area contributed by atoms with Crippen molar-refractivity contribution >= 4 is 50.7 Å². The van der Waals surface area contributed by atoms with Gasteiger partial charge in [-0.15, -0.1) is 0 Å². The van der Waals surface area contributed by atoms with Crippen LogP contribution in [0.25, 0.3) is 0 Å². The molecule has 180 valence electrons. The number of hydrogen-bond donors (Lipinski definition) is 1. The number of halogens is 3. The first-order chi connectivity index (χ1) is 15.3. The Morgan fingerprint density at radius 1 is 1.06 bits per heavy atom. The summed E-state index contributed by atoms with van der Waals surface area (Å²) in [5.41, 5.74) is 0.613. The third-order valence-electron chi connectivity index (χ3n) is 4.77. The van der Waals surface area contributed by atoms with E-state index in [-0.39, 0.29) is 23.3 Å². The van der Waals surface area contributed by atoms with Crippen LogP contribution in [0.4, 0.5) is 10.1 Å². The molecule has 0 fully saturated rings. The zero-order chi connectivity index (χ0) is 24.9. The summed E-state index contributed by atoms with van der Waals surface area (Å²) in [5, 5.41) is 2.86. The molecule has 0 aliphatic heterocycles. The smallest absolute Gasteiger partial charge is 0.244 e. The quantitative estimate of drug-likeness (QED) is 0.547. The highest BCUT2D eigenvalue weighted by atomic mass is 35.5. The van der Waals surface area contributed by atoms with Crippen molar-refractivity contribution in [2.24, 2.45) is 0 Å². The molecule has 1 N–H and O–H groups in total. The molecule has 2 rings (SSSR count). The van der Waals surface area contributed by atoms with Gasteiger partial charge in [-0.3, -0.25) is 13.9 Å². The second kappa shape index (κ2) is 11.2. The monoisotopic (exact) mass is 517 g/mol. The molecule has 0 heterocycles. The van der Waals surface area contributed by atoms with E-state index in [1.54, 1.807) is 45.0 Å². The van der Waals surface area contributed by atoms with Gasteiger partial charge in [-0.1, -0.05) is 41.4 Å². The van der Waals surface area contributed by atoms with E-state index in [0.29, 0.717) is 10.6 Å². The molecular formula is C22H26Cl2FN3O4S. The summed E-state index contributed by atoms with van der Waals surface area (Å²) >= 11 is 12.1. The summed E-state index contributed by atoms with van der Waals surface area (Å²) in [6, 6.07) is 9.11. The Hall–Kier alpha value is -2.36. The number of nitrogens with zero attached hydrogens (tertiary/aromatic N) is 2. The lowest BCUT2D eigenvalue weighted by Gasteiger charge is -2.32. The van der Waals surface area contributed by atoms with E-state index in [1.165, 1.54) is 11.0 Å². The zero-order valence-electron chi connectivity index (χ0n) is 18.7. The van der Waals surface area contributed by atoms with Crippen molar-refractivity contribution in [1.82, 2.24) is 10.2 Å². The molecule has 0 aromatic heterocycles. The van der Waals surface area contributed by atoms with E-state index in [1.807, 2.05) is 0 Å². The summed E-state index contributed by atoms with van der Waals surface area (Å²) in [6.07, 6.45) is 0.921. The summed E-state index contributed by atoms with van der Waals surface area (Å²) in [4.78, 5) is 27.3. The van der Waals surface area contributed by atoms with Crippen LogP contribution in [0.5, 0.6) is 0 Å². The number of hydrogen-bond acceptors (Lipinski definition) is 4. The Balaban J connectivity index is 2.43. The molecule has 11 heteroatoms. The van der Waals surface area contributed by atoms with Gasteiger partial charge in [-0.05, 0) is 50.6 Å². The molecule has 1 unspecified atom stereocenters. The van der Waals surface area contributed by atoms with Gasteiger partial charge in [-0.25, -0.2) is 12.8 Å². The van der Waals surface area contributed by atoms with Crippen molar-refractivity contribution in [2.45, 2.75) is 39.4 Å². The van der Waals surface area contributed by atoms with Crippen molar-refractivity contribution in [2.75, 3.05) is 17.1 Å². The zero-order valence-corrected chi connectivity index (χ0v) is 21.0. The largest absolute Gasteiger partial charge is 0.352 e. The standard InChI is InChI=1S/C22H26Cl2FN3O4S/c1-14(2)26-22(30)15(3)27(12-16-7-5-6-8-18(16)23)21(29)13-28(33(4,31)32)17-9-10-20(25)19(24)11-17/h5-11,14-15H,12-13H2,1-4H3,(H,26,30). The lowest BCUT2D eigenvalue weighted by Crippen LogP contribution is -2.52. The highest BCUT2D eigenvalue weighted by molar-refractivity contribution is 7.92. The van der Waals surface area contributed by atoms with Crippen LogP contribution in [0.15, 0.2) is 42.5 Å². The molecule has 0 aliphatic carbocycles. The first kappa shape index (κ1) is 26.9. The topological polar surface area (TPSA) is 86.8 Å². The van der Waals surface area contributed by atoms with Gasteiger partial charge in [0.2, 0.25) is 21.8 Å². The van der Waals surface area contributed by atoms with Gasteiger partial charge < -0.3 is 10.2 Å². The summed E-state index contributed by atoms with van der Waals surface area (Å²) < 4.78 is 39.3. The van der Waals surface area contributed by atoms with Crippen molar-refractivity contribution in [3.8, 4) is 0 Å². The van der Waals surface area contributed by atoms with Crippen LogP contribution in [-0.2, 0) is 26.2 Å². The van der Waals surface area contributed by atoms with Crippen LogP contribution in [0.2, 0.25) is 10.0 Å². The van der Waals surface area contributed by atoms with Crippen LogP contribution < -0.4 is 9.62 Å². The molecule has 0 radical (unpaired) electrons. The van der Waals surface area contributed by atoms with Gasteiger partial charge in [0.1, 0.15) is 18.4 Å². The molecule has 7 nitrogen and oxygen atoms in total. The van der Waals surface area contributed by atoms with Crippen molar-refractivity contribution in [1.29, 1.82) is 0 Å². The molecule has 33 heavy (non-hydrogen) atoms. The van der Waals surface area contributed by atoms with Crippen molar-refractivity contribution in [3.63, 3.8) is 0 Å². The number of sulfonamides is 1. The summed E-state index contributed by atoms with van der Waals surface area (Å²) in [6.45, 7) is 4.48. The van der Waals surface area contributed by atoms with Crippen LogP contribution in [0.3, 0.4) is 0 Å². The second-order valence-corrected chi connectivity index (χ2v) is 10.5. The van der Waals surface area contributed by atoms with Crippen molar-refractivity contribution < 1.29 is 22.4 Å². The van der Waals surface area contributed by atoms with Gasteiger partial charge in [0.05, 0.1) is 17.0 Å². The van der Waals surface area contributed by atoms with Gasteiger partial charge in [0.15, 0.2) is 0 Å². The minimum absolute atomic E-state index is 0.0209. The molecular weight excluding hydrogens is 492 g/mol. The van der Waals surface area contributed by atoms with Gasteiger partial charge in [0.25, 0.3) is 0 Å². The number of rotatable bonds is 9. The third-order valence-corrected chi connectivity index (χ3v) is 6.57. The Labute approximate surface area is 203 Å². The fraction of sp³-hybridized carbons (Fsp3) is 0.364. The Kier molecular flexibility index (Phi) is 9.11. The van der Waals surface area contributed by atoms with Crippen molar-refractivity contribution in [3.05, 3.63) is 63.9 Å². The molecule has 2 aromatic carbocycles. The fourth-order valence-corrected chi connectivity index (χ4v) is 4.26. The minimum Gasteiger partial charge on any atom is -0.352 e. The summed E-state index contributed by atoms with van der Waals surface area (Å²) in [5.74, 6) is -1.77. The number of benzene rings is 2. The van der Waals surface area contributed by atoms with E-state index >= 15 is 0 Å². The SMILES string of the molecule is CC(C)NC(=O)C(C)N(Cc1ccccc1Cl)C(=O)CN(c1ccc(F)c(Cl)c1)S(C)(=O)=O. The van der Waals surface area contributed by atoms with E-state index in [2.05, 4.69) is 5.32 Å². The summed E-state index contributed by atoms with van der Waals surface area (Å²) in [7, 11) is -3.94. The molecule has 0 aliphatic rings. The molecule has 1 atom stereocenters. The lowest BCUT2D eigenvalue weighted by atomic mass is 10.1. The minimum atomic E-state index is -3.94. The van der Waals surface area contributed by atoms with Gasteiger partial charge >= 0.3 is 0 Å². The number of anilines is 1. The molecule has 0 saturated heterocycles. The number of carbonyl (C=O) groups excluding carboxylic acids is 2. The van der Waals surface area contributed by atoms with Gasteiger partial charge in [-0.2, -0.15) is 0 Å². The van der Waals surface area contributed by atoms with E-state index in [0.717, 1.165) is 22.7 Å². The average Bonchev–Trinajstić information content (AvgIpc) is 2.71. The number of nitrogens with one attached hydrogen (secondary N) is 1. The Morgan fingerprint density at radius 2 is 1.70 bits per heavy atom. The maximum atomic E-state index is 13.6. The van der Waals surface area contributed by atoms with E-state index < -0.39 is 40.2 Å². The average molecular weight is 518 g/mol. The first-order valence-corrected chi connectivity index (χ1v) is 12.7. The van der Waals surface area contributed by atoms with Crippen LogP contribution >= 0.6 is 23.2 Å². The second-order valence-electron chi connectivity index (χ2n) is 7.82. The molecule has 0 spiro atoms. The molecule has 0 saturated carbocycles. The normalized spacial score (nSPS) is 12.4. The Morgan fingerprint density at radius 3 is 2.24 bits per heavy atom. The van der Waals surface area contributed by atoms with Gasteiger partial charge in [0, 0.05) is 17.6 Å². The van der Waals surface area contributed by atoms with E-state index in [9.17, 15) is 22.4 Å². The number of carbonyl (C=O) groups is 2. The van der Waals surface area contributed by atoms with E-state index in [4.69, 9.17) is 23.2 Å². The maximum absolute atomic E-state index is 13.6. The predicted molar refractivity (Wildman–Crippen MR) is 128 cm³/mol. The predicted octanol–water partition coefficient (Wildman–Crippen LogP) is 3.84. The molecule has 2 amide bonds. The van der Waals surface area contributed by atoms with Crippen LogP contribution in [0, 0.1) is 5.82 Å². The van der Waals surface area contributed by atoms with Crippen LogP contribution in [-0.4, -0.2) is 50.0 Å². The molecule has 0 bridgehead atoms.